The smallest absolute Gasteiger partial charge is 0.0171 e. The summed E-state index contributed by atoms with van der Waals surface area (Å²) in [6.45, 7) is 6.97. The number of likely N-dealkylation sites (tertiary alicyclic amines) is 1. The number of hydrogen-bond donors (Lipinski definition) is 1. The summed E-state index contributed by atoms with van der Waals surface area (Å²) in [5, 5.41) is 0. The van der Waals surface area contributed by atoms with Crippen LogP contribution in [-0.2, 0) is 0 Å². The van der Waals surface area contributed by atoms with Gasteiger partial charge in [0.1, 0.15) is 0 Å². The Bertz CT molecular complexity index is 165. The van der Waals surface area contributed by atoms with E-state index >= 15 is 0 Å². The molecule has 2 fully saturated rings. The molecule has 1 heterocycles. The standard InChI is InChI=1S/C11H22N2/c1-8(2)13-6-10(9-3-4-9)5-11(12)7-13/h8-11H,3-7,12H2,1-2H3. The second kappa shape index (κ2) is 3.58. The van der Waals surface area contributed by atoms with Gasteiger partial charge in [0.05, 0.1) is 0 Å². The van der Waals surface area contributed by atoms with Crippen LogP contribution in [0.2, 0.25) is 0 Å². The zero-order chi connectivity index (χ0) is 9.42. The van der Waals surface area contributed by atoms with Crippen molar-refractivity contribution in [3.05, 3.63) is 0 Å². The van der Waals surface area contributed by atoms with Crippen LogP contribution in [0.1, 0.15) is 33.1 Å². The maximum atomic E-state index is 6.08. The quantitative estimate of drug-likeness (QED) is 0.700. The van der Waals surface area contributed by atoms with Gasteiger partial charge in [0.2, 0.25) is 0 Å². The number of piperidine rings is 1. The van der Waals surface area contributed by atoms with Crippen molar-refractivity contribution >= 4 is 0 Å². The summed E-state index contributed by atoms with van der Waals surface area (Å²) in [5.41, 5.74) is 6.08. The van der Waals surface area contributed by atoms with E-state index in [0.29, 0.717) is 12.1 Å². The van der Waals surface area contributed by atoms with Gasteiger partial charge < -0.3 is 5.73 Å². The molecule has 0 aromatic rings. The summed E-state index contributed by atoms with van der Waals surface area (Å²) >= 11 is 0. The summed E-state index contributed by atoms with van der Waals surface area (Å²) in [6, 6.07) is 1.11. The molecule has 1 aliphatic carbocycles. The van der Waals surface area contributed by atoms with Crippen molar-refractivity contribution in [1.29, 1.82) is 0 Å². The van der Waals surface area contributed by atoms with Crippen molar-refractivity contribution in [2.75, 3.05) is 13.1 Å². The van der Waals surface area contributed by atoms with Crippen molar-refractivity contribution < 1.29 is 0 Å². The van der Waals surface area contributed by atoms with Gasteiger partial charge in [0, 0.05) is 25.2 Å². The second-order valence-electron chi connectivity index (χ2n) is 5.14. The van der Waals surface area contributed by atoms with Crippen molar-refractivity contribution in [3.63, 3.8) is 0 Å². The fourth-order valence-electron chi connectivity index (χ4n) is 2.55. The molecule has 1 saturated heterocycles. The Morgan fingerprint density at radius 3 is 2.38 bits per heavy atom. The fourth-order valence-corrected chi connectivity index (χ4v) is 2.55. The average molecular weight is 182 g/mol. The van der Waals surface area contributed by atoms with Gasteiger partial charge in [0.15, 0.2) is 0 Å². The zero-order valence-electron chi connectivity index (χ0n) is 8.87. The van der Waals surface area contributed by atoms with Crippen LogP contribution in [-0.4, -0.2) is 30.1 Å². The first-order valence-corrected chi connectivity index (χ1v) is 5.66. The summed E-state index contributed by atoms with van der Waals surface area (Å²) in [5.74, 6) is 1.93. The highest BCUT2D eigenvalue weighted by Gasteiger charge is 2.36. The Labute approximate surface area is 81.5 Å². The second-order valence-corrected chi connectivity index (χ2v) is 5.14. The third-order valence-electron chi connectivity index (χ3n) is 3.56. The normalized spacial score (nSPS) is 36.9. The Balaban J connectivity index is 1.92. The molecular formula is C11H22N2. The average Bonchev–Trinajstić information content (AvgIpc) is 2.85. The van der Waals surface area contributed by atoms with Crippen LogP contribution in [0.3, 0.4) is 0 Å². The molecule has 1 aliphatic heterocycles. The van der Waals surface area contributed by atoms with Crippen LogP contribution < -0.4 is 5.73 Å². The lowest BCUT2D eigenvalue weighted by Gasteiger charge is -2.38. The van der Waals surface area contributed by atoms with E-state index < -0.39 is 0 Å². The van der Waals surface area contributed by atoms with E-state index in [-0.39, 0.29) is 0 Å². The molecule has 0 spiro atoms. The molecule has 0 aromatic heterocycles. The van der Waals surface area contributed by atoms with Crippen LogP contribution >= 0.6 is 0 Å². The first-order chi connectivity index (χ1) is 6.16. The minimum Gasteiger partial charge on any atom is -0.327 e. The first kappa shape index (κ1) is 9.47. The minimum atomic E-state index is 0.432. The maximum absolute atomic E-state index is 6.08. The van der Waals surface area contributed by atoms with E-state index in [4.69, 9.17) is 5.73 Å². The topological polar surface area (TPSA) is 29.3 Å². The Kier molecular flexibility index (Phi) is 2.61. The molecule has 0 bridgehead atoms. The molecule has 2 aliphatic rings. The van der Waals surface area contributed by atoms with E-state index in [2.05, 4.69) is 18.7 Å². The molecular weight excluding hydrogens is 160 g/mol. The highest BCUT2D eigenvalue weighted by Crippen LogP contribution is 2.40. The maximum Gasteiger partial charge on any atom is 0.0171 e. The Morgan fingerprint density at radius 1 is 1.15 bits per heavy atom. The van der Waals surface area contributed by atoms with E-state index in [1.54, 1.807) is 0 Å². The number of rotatable bonds is 2. The molecule has 2 rings (SSSR count). The molecule has 2 atom stereocenters. The zero-order valence-corrected chi connectivity index (χ0v) is 8.87. The number of nitrogens with two attached hydrogens (primary N) is 1. The summed E-state index contributed by atoms with van der Waals surface area (Å²) in [7, 11) is 0. The molecule has 0 aromatic carbocycles. The molecule has 2 N–H and O–H groups in total. The van der Waals surface area contributed by atoms with E-state index in [1.165, 1.54) is 25.8 Å². The Morgan fingerprint density at radius 2 is 1.85 bits per heavy atom. The van der Waals surface area contributed by atoms with Gasteiger partial charge in [-0.15, -0.1) is 0 Å². The first-order valence-electron chi connectivity index (χ1n) is 5.66. The molecule has 2 unspecified atom stereocenters. The van der Waals surface area contributed by atoms with Crippen molar-refractivity contribution in [1.82, 2.24) is 4.90 Å². The monoisotopic (exact) mass is 182 g/mol. The molecule has 0 radical (unpaired) electrons. The van der Waals surface area contributed by atoms with Crippen LogP contribution in [0, 0.1) is 11.8 Å². The van der Waals surface area contributed by atoms with E-state index in [0.717, 1.165) is 18.4 Å². The Hall–Kier alpha value is -0.0800. The van der Waals surface area contributed by atoms with Crippen molar-refractivity contribution in [2.24, 2.45) is 17.6 Å². The SMILES string of the molecule is CC(C)N1CC(N)CC(C2CC2)C1. The van der Waals surface area contributed by atoms with Gasteiger partial charge in [0.25, 0.3) is 0 Å². The van der Waals surface area contributed by atoms with Crippen LogP contribution in [0.25, 0.3) is 0 Å². The predicted octanol–water partition coefficient (Wildman–Crippen LogP) is 1.45. The highest BCUT2D eigenvalue weighted by atomic mass is 15.2. The molecule has 2 nitrogen and oxygen atoms in total. The van der Waals surface area contributed by atoms with Crippen LogP contribution in [0.5, 0.6) is 0 Å². The molecule has 1 saturated carbocycles. The molecule has 13 heavy (non-hydrogen) atoms. The highest BCUT2D eigenvalue weighted by molar-refractivity contribution is 4.90. The predicted molar refractivity (Wildman–Crippen MR) is 55.5 cm³/mol. The van der Waals surface area contributed by atoms with Gasteiger partial charge in [-0.1, -0.05) is 0 Å². The molecule has 0 amide bonds. The van der Waals surface area contributed by atoms with Gasteiger partial charge >= 0.3 is 0 Å². The summed E-state index contributed by atoms with van der Waals surface area (Å²) in [6.07, 6.45) is 4.19. The molecule has 76 valence electrons. The third-order valence-corrected chi connectivity index (χ3v) is 3.56. The van der Waals surface area contributed by atoms with Gasteiger partial charge in [-0.05, 0) is 44.9 Å². The lowest BCUT2D eigenvalue weighted by atomic mass is 9.90. The van der Waals surface area contributed by atoms with E-state index in [9.17, 15) is 0 Å². The minimum absolute atomic E-state index is 0.432. The molecule has 2 heteroatoms. The lowest BCUT2D eigenvalue weighted by molar-refractivity contribution is 0.114. The van der Waals surface area contributed by atoms with Crippen LogP contribution in [0.15, 0.2) is 0 Å². The third kappa shape index (κ3) is 2.23. The van der Waals surface area contributed by atoms with E-state index in [1.807, 2.05) is 0 Å². The lowest BCUT2D eigenvalue weighted by Crippen LogP contribution is -2.50. The summed E-state index contributed by atoms with van der Waals surface area (Å²) in [4.78, 5) is 2.55. The number of hydrogen-bond acceptors (Lipinski definition) is 2. The van der Waals surface area contributed by atoms with Gasteiger partial charge in [-0.3, -0.25) is 4.90 Å². The van der Waals surface area contributed by atoms with Gasteiger partial charge in [-0.2, -0.15) is 0 Å². The van der Waals surface area contributed by atoms with Crippen molar-refractivity contribution in [3.8, 4) is 0 Å². The summed E-state index contributed by atoms with van der Waals surface area (Å²) < 4.78 is 0. The van der Waals surface area contributed by atoms with Gasteiger partial charge in [-0.25, -0.2) is 0 Å². The fraction of sp³-hybridized carbons (Fsp3) is 1.00. The van der Waals surface area contributed by atoms with Crippen molar-refractivity contribution in [2.45, 2.75) is 45.2 Å². The van der Waals surface area contributed by atoms with Crippen LogP contribution in [0.4, 0.5) is 0 Å². The number of nitrogens with zero attached hydrogens (tertiary/aromatic N) is 1. The largest absolute Gasteiger partial charge is 0.327 e.